The first-order valence-corrected chi connectivity index (χ1v) is 14.8. The molecule has 244 valence electrons. The highest BCUT2D eigenvalue weighted by molar-refractivity contribution is 6.34. The topological polar surface area (TPSA) is 87.7 Å². The lowest BCUT2D eigenvalue weighted by Crippen LogP contribution is -2.21. The summed E-state index contributed by atoms with van der Waals surface area (Å²) in [4.78, 5) is 24.9. The Bertz CT molecular complexity index is 1580. The van der Waals surface area contributed by atoms with Gasteiger partial charge in [0.15, 0.2) is 23.3 Å². The van der Waals surface area contributed by atoms with Gasteiger partial charge in [0, 0.05) is 18.1 Å². The van der Waals surface area contributed by atoms with Gasteiger partial charge in [-0.1, -0.05) is 65.3 Å². The Labute approximate surface area is 263 Å². The summed E-state index contributed by atoms with van der Waals surface area (Å²) < 4.78 is 74.4. The number of nitrogens with one attached hydrogen (secondary N) is 2. The molecule has 0 aromatic heterocycles. The standard InChI is InChI=1S/C33H36ClF5N2O4/c1-7-32(3,4)17-11-12-23(18(14-17)33(5,6)8-2)45-13-9-10-24(43)40-20-16-22(42)21(15-19(20)34)41-31(44)25-26(35)28(37)30(39)29(38)27(25)36/h11-12,14-16,42H,7-10,13H2,1-6H3,(H,40,43)(H,41,44). The third-order valence-electron chi connectivity index (χ3n) is 8.11. The van der Waals surface area contributed by atoms with Crippen LogP contribution >= 0.6 is 11.6 Å². The van der Waals surface area contributed by atoms with Crippen LogP contribution in [-0.4, -0.2) is 23.5 Å². The van der Waals surface area contributed by atoms with Crippen LogP contribution in [-0.2, 0) is 15.6 Å². The molecule has 0 aliphatic rings. The highest BCUT2D eigenvalue weighted by Gasteiger charge is 2.30. The maximum atomic E-state index is 14.0. The number of phenolic OH excluding ortho intramolecular Hbond substituents is 1. The van der Waals surface area contributed by atoms with E-state index in [0.717, 1.165) is 36.3 Å². The molecule has 0 bridgehead atoms. The number of halogens is 6. The number of benzene rings is 3. The quantitative estimate of drug-likeness (QED) is 0.0598. The van der Waals surface area contributed by atoms with Gasteiger partial charge in [-0.25, -0.2) is 22.0 Å². The molecule has 3 rings (SSSR count). The van der Waals surface area contributed by atoms with E-state index >= 15 is 0 Å². The summed E-state index contributed by atoms with van der Waals surface area (Å²) >= 11 is 6.16. The molecular formula is C33H36ClF5N2O4. The minimum absolute atomic E-state index is 0.00591. The van der Waals surface area contributed by atoms with Crippen LogP contribution in [0.15, 0.2) is 30.3 Å². The van der Waals surface area contributed by atoms with Crippen molar-refractivity contribution in [2.75, 3.05) is 17.2 Å². The molecule has 2 amide bonds. The molecule has 0 fully saturated rings. The van der Waals surface area contributed by atoms with E-state index in [-0.39, 0.29) is 34.6 Å². The molecule has 45 heavy (non-hydrogen) atoms. The predicted molar refractivity (Wildman–Crippen MR) is 164 cm³/mol. The van der Waals surface area contributed by atoms with Gasteiger partial charge in [-0.15, -0.1) is 0 Å². The first kappa shape index (κ1) is 35.6. The van der Waals surface area contributed by atoms with Gasteiger partial charge >= 0.3 is 0 Å². The number of rotatable bonds is 12. The Morgan fingerprint density at radius 2 is 1.40 bits per heavy atom. The van der Waals surface area contributed by atoms with Crippen molar-refractivity contribution in [3.63, 3.8) is 0 Å². The molecule has 0 saturated heterocycles. The van der Waals surface area contributed by atoms with Gasteiger partial charge in [-0.05, 0) is 47.8 Å². The molecule has 3 aromatic rings. The van der Waals surface area contributed by atoms with Gasteiger partial charge in [0.2, 0.25) is 11.7 Å². The smallest absolute Gasteiger partial charge is 0.261 e. The van der Waals surface area contributed by atoms with Gasteiger partial charge in [0.05, 0.1) is 23.0 Å². The Balaban J connectivity index is 1.65. The normalized spacial score (nSPS) is 11.8. The van der Waals surface area contributed by atoms with Gasteiger partial charge in [0.1, 0.15) is 17.1 Å². The Hall–Kier alpha value is -3.86. The van der Waals surface area contributed by atoms with E-state index < -0.39 is 57.9 Å². The van der Waals surface area contributed by atoms with Crippen molar-refractivity contribution < 1.29 is 41.4 Å². The molecule has 6 nitrogen and oxygen atoms in total. The minimum Gasteiger partial charge on any atom is -0.506 e. The molecule has 0 aliphatic heterocycles. The van der Waals surface area contributed by atoms with Crippen molar-refractivity contribution in [3.8, 4) is 11.5 Å². The zero-order valence-electron chi connectivity index (χ0n) is 25.9. The number of ether oxygens (including phenoxy) is 1. The number of carbonyl (C=O) groups is 2. The van der Waals surface area contributed by atoms with Crippen LogP contribution in [0.1, 0.15) is 88.7 Å². The lowest BCUT2D eigenvalue weighted by Gasteiger charge is -2.30. The van der Waals surface area contributed by atoms with Crippen LogP contribution in [0.5, 0.6) is 11.5 Å². The van der Waals surface area contributed by atoms with Gasteiger partial charge in [-0.2, -0.15) is 0 Å². The van der Waals surface area contributed by atoms with E-state index in [1.807, 2.05) is 11.4 Å². The number of aromatic hydroxyl groups is 1. The van der Waals surface area contributed by atoms with Crippen molar-refractivity contribution in [1.82, 2.24) is 0 Å². The van der Waals surface area contributed by atoms with E-state index in [1.54, 1.807) is 0 Å². The Morgan fingerprint density at radius 3 is 1.98 bits per heavy atom. The van der Waals surface area contributed by atoms with E-state index in [9.17, 15) is 36.6 Å². The molecule has 0 radical (unpaired) electrons. The Kier molecular flexibility index (Phi) is 11.1. The number of hydrogen-bond donors (Lipinski definition) is 3. The predicted octanol–water partition coefficient (Wildman–Crippen LogP) is 9.17. The number of phenols is 1. The van der Waals surface area contributed by atoms with E-state index in [1.165, 1.54) is 5.56 Å². The third kappa shape index (κ3) is 7.87. The van der Waals surface area contributed by atoms with Crippen molar-refractivity contribution in [2.45, 2.75) is 78.1 Å². The summed E-state index contributed by atoms with van der Waals surface area (Å²) in [6.45, 7) is 13.2. The maximum absolute atomic E-state index is 14.0. The highest BCUT2D eigenvalue weighted by Crippen LogP contribution is 2.39. The van der Waals surface area contributed by atoms with E-state index in [2.05, 4.69) is 59.0 Å². The van der Waals surface area contributed by atoms with Crippen LogP contribution in [0.25, 0.3) is 0 Å². The second-order valence-electron chi connectivity index (χ2n) is 11.9. The van der Waals surface area contributed by atoms with Crippen LogP contribution in [0.3, 0.4) is 0 Å². The molecule has 3 aromatic carbocycles. The van der Waals surface area contributed by atoms with Gasteiger partial charge < -0.3 is 20.5 Å². The SMILES string of the molecule is CCC(C)(C)c1ccc(OCCCC(=O)Nc2cc(O)c(NC(=O)c3c(F)c(F)c(F)c(F)c3F)cc2Cl)c(C(C)(C)CC)c1. The van der Waals surface area contributed by atoms with Gasteiger partial charge in [0.25, 0.3) is 5.91 Å². The molecule has 0 aliphatic carbocycles. The Morgan fingerprint density at radius 1 is 0.822 bits per heavy atom. The average molecular weight is 655 g/mol. The summed E-state index contributed by atoms with van der Waals surface area (Å²) in [6.07, 6.45) is 2.25. The van der Waals surface area contributed by atoms with Crippen molar-refractivity contribution in [2.24, 2.45) is 0 Å². The fourth-order valence-electron chi connectivity index (χ4n) is 4.37. The van der Waals surface area contributed by atoms with Crippen LogP contribution in [0.2, 0.25) is 5.02 Å². The molecule has 3 N–H and O–H groups in total. The zero-order valence-corrected chi connectivity index (χ0v) is 26.6. The molecule has 12 heteroatoms. The van der Waals surface area contributed by atoms with E-state index in [4.69, 9.17) is 16.3 Å². The molecular weight excluding hydrogens is 619 g/mol. The van der Waals surface area contributed by atoms with Crippen LogP contribution in [0, 0.1) is 29.1 Å². The molecule has 0 spiro atoms. The highest BCUT2D eigenvalue weighted by atomic mass is 35.5. The first-order chi connectivity index (χ1) is 20.9. The zero-order chi connectivity index (χ0) is 33.9. The largest absolute Gasteiger partial charge is 0.506 e. The van der Waals surface area contributed by atoms with Gasteiger partial charge in [-0.3, -0.25) is 9.59 Å². The molecule has 0 atom stereocenters. The van der Waals surface area contributed by atoms with E-state index in [0.29, 0.717) is 6.42 Å². The van der Waals surface area contributed by atoms with Crippen molar-refractivity contribution in [1.29, 1.82) is 0 Å². The lowest BCUT2D eigenvalue weighted by atomic mass is 9.76. The minimum atomic E-state index is -2.42. The summed E-state index contributed by atoms with van der Waals surface area (Å²) in [6, 6.07) is 8.13. The second kappa shape index (κ2) is 14.1. The summed E-state index contributed by atoms with van der Waals surface area (Å²) in [7, 11) is 0. The lowest BCUT2D eigenvalue weighted by molar-refractivity contribution is -0.116. The number of anilines is 2. The fraction of sp³-hybridized carbons (Fsp3) is 0.394. The fourth-order valence-corrected chi connectivity index (χ4v) is 4.59. The maximum Gasteiger partial charge on any atom is 0.261 e. The summed E-state index contributed by atoms with van der Waals surface area (Å²) in [5.41, 5.74) is -0.112. The number of amides is 2. The number of carbonyl (C=O) groups excluding carboxylic acids is 2. The molecule has 0 saturated carbocycles. The monoisotopic (exact) mass is 654 g/mol. The van der Waals surface area contributed by atoms with Crippen molar-refractivity contribution >= 4 is 34.8 Å². The molecule has 0 unspecified atom stereocenters. The molecule has 0 heterocycles. The summed E-state index contributed by atoms with van der Waals surface area (Å²) in [5, 5.41) is 14.5. The average Bonchev–Trinajstić information content (AvgIpc) is 2.99. The number of hydrogen-bond acceptors (Lipinski definition) is 4. The summed E-state index contributed by atoms with van der Waals surface area (Å²) in [5.74, 6) is -13.9. The van der Waals surface area contributed by atoms with Crippen LogP contribution in [0.4, 0.5) is 33.3 Å². The van der Waals surface area contributed by atoms with Crippen LogP contribution < -0.4 is 15.4 Å². The first-order valence-electron chi connectivity index (χ1n) is 14.4. The van der Waals surface area contributed by atoms with Crippen molar-refractivity contribution in [3.05, 3.63) is 81.1 Å². The second-order valence-corrected chi connectivity index (χ2v) is 12.3. The third-order valence-corrected chi connectivity index (χ3v) is 8.42.